The zero-order valence-corrected chi connectivity index (χ0v) is 24.0. The number of aromatic nitrogens is 2. The van der Waals surface area contributed by atoms with Crippen molar-refractivity contribution in [1.82, 2.24) is 13.9 Å². The fourth-order valence-electron chi connectivity index (χ4n) is 4.68. The van der Waals surface area contributed by atoms with Gasteiger partial charge in [-0.3, -0.25) is 14.2 Å². The maximum atomic E-state index is 13.5. The van der Waals surface area contributed by atoms with Crippen molar-refractivity contribution in [1.29, 1.82) is 0 Å². The molecule has 0 unspecified atom stereocenters. The third kappa shape index (κ3) is 5.33. The van der Waals surface area contributed by atoms with Gasteiger partial charge in [0.05, 0.1) is 16.6 Å². The van der Waals surface area contributed by atoms with E-state index in [1.165, 1.54) is 38.7 Å². The third-order valence-corrected chi connectivity index (χ3v) is 10.3. The van der Waals surface area contributed by atoms with Crippen LogP contribution in [0.1, 0.15) is 31.1 Å². The Morgan fingerprint density at radius 2 is 1.74 bits per heavy atom. The monoisotopic (exact) mass is 614 g/mol. The van der Waals surface area contributed by atoms with Crippen molar-refractivity contribution in [2.24, 2.45) is 0 Å². The van der Waals surface area contributed by atoms with E-state index in [4.69, 9.17) is 0 Å². The summed E-state index contributed by atoms with van der Waals surface area (Å²) < 4.78 is 29.5. The first kappa shape index (κ1) is 26.7. The van der Waals surface area contributed by atoms with Crippen LogP contribution in [0, 0.1) is 0 Å². The molecular formula is C27H27BrN4O4S2. The van der Waals surface area contributed by atoms with Crippen LogP contribution in [-0.4, -0.2) is 41.3 Å². The Kier molecular flexibility index (Phi) is 7.80. The smallest absolute Gasteiger partial charge is 0.263 e. The fraction of sp³-hybridized carbons (Fsp3) is 0.296. The van der Waals surface area contributed by atoms with Crippen molar-refractivity contribution in [3.8, 4) is 11.1 Å². The Bertz CT molecular complexity index is 1640. The minimum absolute atomic E-state index is 0.202. The lowest BCUT2D eigenvalue weighted by Crippen LogP contribution is -2.35. The lowest BCUT2D eigenvalue weighted by molar-refractivity contribution is -0.116. The van der Waals surface area contributed by atoms with Gasteiger partial charge >= 0.3 is 0 Å². The maximum Gasteiger partial charge on any atom is 0.263 e. The van der Waals surface area contributed by atoms with E-state index in [-0.39, 0.29) is 17.0 Å². The summed E-state index contributed by atoms with van der Waals surface area (Å²) >= 11 is 4.95. The van der Waals surface area contributed by atoms with Crippen LogP contribution in [0.4, 0.5) is 5.69 Å². The zero-order chi connectivity index (χ0) is 26.9. The Morgan fingerprint density at radius 3 is 2.39 bits per heavy atom. The second kappa shape index (κ2) is 11.1. The van der Waals surface area contributed by atoms with Crippen LogP contribution in [0.15, 0.2) is 69.0 Å². The Labute approximate surface area is 233 Å². The number of nitrogens with zero attached hydrogens (tertiary/aromatic N) is 3. The molecule has 2 aromatic heterocycles. The van der Waals surface area contributed by atoms with Crippen molar-refractivity contribution < 1.29 is 13.2 Å². The first-order chi connectivity index (χ1) is 18.3. The van der Waals surface area contributed by atoms with E-state index in [0.29, 0.717) is 29.0 Å². The van der Waals surface area contributed by atoms with Crippen LogP contribution in [0.2, 0.25) is 0 Å². The number of hydrogen-bond acceptors (Lipinski definition) is 6. The van der Waals surface area contributed by atoms with E-state index in [1.807, 2.05) is 31.2 Å². The van der Waals surface area contributed by atoms with E-state index < -0.39 is 15.9 Å². The number of anilines is 1. The predicted molar refractivity (Wildman–Crippen MR) is 154 cm³/mol. The molecule has 0 bridgehead atoms. The topological polar surface area (TPSA) is 101 Å². The van der Waals surface area contributed by atoms with E-state index in [0.717, 1.165) is 46.2 Å². The van der Waals surface area contributed by atoms with Crippen molar-refractivity contribution in [2.75, 3.05) is 18.4 Å². The van der Waals surface area contributed by atoms with Gasteiger partial charge in [0.15, 0.2) is 0 Å². The van der Waals surface area contributed by atoms with Gasteiger partial charge in [0.25, 0.3) is 5.56 Å². The minimum atomic E-state index is -3.55. The van der Waals surface area contributed by atoms with Crippen LogP contribution in [0.3, 0.4) is 0 Å². The SMILES string of the molecule is CCc1sc2ncn(CC(=O)Nc3ccc(S(=O)(=O)N4CCCCC4)cc3)c(=O)c2c1-c1ccc(Br)cc1. The number of benzene rings is 2. The molecule has 38 heavy (non-hydrogen) atoms. The summed E-state index contributed by atoms with van der Waals surface area (Å²) in [5, 5.41) is 3.27. The molecule has 0 spiro atoms. The van der Waals surface area contributed by atoms with Gasteiger partial charge in [0, 0.05) is 33.7 Å². The number of halogens is 1. The van der Waals surface area contributed by atoms with Crippen LogP contribution < -0.4 is 10.9 Å². The van der Waals surface area contributed by atoms with Crippen LogP contribution in [0.25, 0.3) is 21.3 Å². The fourth-order valence-corrected chi connectivity index (χ4v) is 7.55. The molecule has 8 nitrogen and oxygen atoms in total. The van der Waals surface area contributed by atoms with Crippen LogP contribution in [0.5, 0.6) is 0 Å². The Morgan fingerprint density at radius 1 is 1.05 bits per heavy atom. The highest BCUT2D eigenvalue weighted by Gasteiger charge is 2.26. The number of nitrogens with one attached hydrogen (secondary N) is 1. The molecule has 1 N–H and O–H groups in total. The molecule has 0 radical (unpaired) electrons. The summed E-state index contributed by atoms with van der Waals surface area (Å²) in [6.07, 6.45) is 4.93. The van der Waals surface area contributed by atoms with Crippen molar-refractivity contribution in [3.63, 3.8) is 0 Å². The van der Waals surface area contributed by atoms with Gasteiger partial charge < -0.3 is 5.32 Å². The highest BCUT2D eigenvalue weighted by atomic mass is 79.9. The molecular weight excluding hydrogens is 588 g/mol. The summed E-state index contributed by atoms with van der Waals surface area (Å²) in [7, 11) is -3.55. The zero-order valence-electron chi connectivity index (χ0n) is 20.8. The second-order valence-corrected chi connectivity index (χ2v) is 13.1. The summed E-state index contributed by atoms with van der Waals surface area (Å²) in [5.41, 5.74) is 1.96. The normalized spacial score (nSPS) is 14.6. The summed E-state index contributed by atoms with van der Waals surface area (Å²) in [6, 6.07) is 13.9. The highest BCUT2D eigenvalue weighted by molar-refractivity contribution is 9.10. The first-order valence-corrected chi connectivity index (χ1v) is 15.5. The van der Waals surface area contributed by atoms with E-state index in [2.05, 4.69) is 26.2 Å². The number of piperidine rings is 1. The molecule has 0 aliphatic carbocycles. The summed E-state index contributed by atoms with van der Waals surface area (Å²) in [6.45, 7) is 2.89. The molecule has 11 heteroatoms. The van der Waals surface area contributed by atoms with Crippen LogP contribution >= 0.6 is 27.3 Å². The molecule has 1 saturated heterocycles. The van der Waals surface area contributed by atoms with Crippen molar-refractivity contribution >= 4 is 59.1 Å². The predicted octanol–water partition coefficient (Wildman–Crippen LogP) is 5.26. The van der Waals surface area contributed by atoms with Gasteiger partial charge in [0.2, 0.25) is 15.9 Å². The standard InChI is InChI=1S/C27H27BrN4O4S2/c1-2-22-24(18-6-8-19(28)9-7-18)25-26(37-22)29-17-31(27(25)34)16-23(33)30-20-10-12-21(13-11-20)38(35,36)32-14-4-3-5-15-32/h6-13,17H,2-5,14-16H2,1H3,(H,30,33). The van der Waals surface area contributed by atoms with Crippen molar-refractivity contribution in [3.05, 3.63) is 74.6 Å². The number of amides is 1. The molecule has 1 aliphatic heterocycles. The van der Waals surface area contributed by atoms with Gasteiger partial charge in [-0.05, 0) is 61.2 Å². The average Bonchev–Trinajstić information content (AvgIpc) is 3.31. The molecule has 198 valence electrons. The van der Waals surface area contributed by atoms with E-state index in [9.17, 15) is 18.0 Å². The number of sulfonamides is 1. The highest BCUT2D eigenvalue weighted by Crippen LogP contribution is 2.36. The molecule has 3 heterocycles. The van der Waals surface area contributed by atoms with E-state index in [1.54, 1.807) is 12.1 Å². The largest absolute Gasteiger partial charge is 0.325 e. The summed E-state index contributed by atoms with van der Waals surface area (Å²) in [4.78, 5) is 32.7. The molecule has 1 amide bonds. The number of rotatable bonds is 7. The number of thiophene rings is 1. The minimum Gasteiger partial charge on any atom is -0.325 e. The lowest BCUT2D eigenvalue weighted by atomic mass is 10.0. The van der Waals surface area contributed by atoms with Gasteiger partial charge in [-0.2, -0.15) is 4.31 Å². The number of fused-ring (bicyclic) bond motifs is 1. The third-order valence-electron chi connectivity index (χ3n) is 6.61. The average molecular weight is 616 g/mol. The lowest BCUT2D eigenvalue weighted by Gasteiger charge is -2.25. The number of carbonyl (C=O) groups excluding carboxylic acids is 1. The molecule has 5 rings (SSSR count). The van der Waals surface area contributed by atoms with Gasteiger partial charge in [-0.25, -0.2) is 13.4 Å². The molecule has 1 fully saturated rings. The van der Waals surface area contributed by atoms with Gasteiger partial charge in [-0.1, -0.05) is 41.4 Å². The molecule has 0 saturated carbocycles. The van der Waals surface area contributed by atoms with Gasteiger partial charge in [-0.15, -0.1) is 11.3 Å². The first-order valence-electron chi connectivity index (χ1n) is 12.4. The number of hydrogen-bond donors (Lipinski definition) is 1. The number of carbonyl (C=O) groups is 1. The van der Waals surface area contributed by atoms with Gasteiger partial charge in [0.1, 0.15) is 11.4 Å². The Hall–Kier alpha value is -2.86. The van der Waals surface area contributed by atoms with Crippen molar-refractivity contribution in [2.45, 2.75) is 44.0 Å². The molecule has 0 atom stereocenters. The molecule has 4 aromatic rings. The second-order valence-electron chi connectivity index (χ2n) is 9.16. The molecule has 2 aromatic carbocycles. The Balaban J connectivity index is 1.36. The number of aryl methyl sites for hydroxylation is 1. The summed E-state index contributed by atoms with van der Waals surface area (Å²) in [5.74, 6) is -0.406. The quantitative estimate of drug-likeness (QED) is 0.306. The van der Waals surface area contributed by atoms with Crippen LogP contribution in [-0.2, 0) is 27.8 Å². The van der Waals surface area contributed by atoms with E-state index >= 15 is 0 Å². The molecule has 1 aliphatic rings. The maximum absolute atomic E-state index is 13.5.